The van der Waals surface area contributed by atoms with Gasteiger partial charge in [0.05, 0.1) is 0 Å². The molecular weight excluding hydrogens is 294 g/mol. The van der Waals surface area contributed by atoms with Gasteiger partial charge in [0.1, 0.15) is 5.69 Å². The third-order valence-corrected chi connectivity index (χ3v) is 3.01. The van der Waals surface area contributed by atoms with E-state index in [1.807, 2.05) is 0 Å². The zero-order valence-corrected chi connectivity index (χ0v) is 11.7. The molecule has 2 heterocycles. The molecule has 2 aromatic heterocycles. The summed E-state index contributed by atoms with van der Waals surface area (Å²) in [5.41, 5.74) is 1.06. The van der Waals surface area contributed by atoms with Gasteiger partial charge in [-0.15, -0.1) is 5.10 Å². The average Bonchev–Trinajstić information content (AvgIpc) is 3.08. The number of aryl methyl sites for hydroxylation is 1. The smallest absolute Gasteiger partial charge is 0.322 e. The van der Waals surface area contributed by atoms with E-state index in [0.29, 0.717) is 16.3 Å². The van der Waals surface area contributed by atoms with E-state index in [1.165, 1.54) is 10.9 Å². The highest BCUT2D eigenvalue weighted by Crippen LogP contribution is 2.22. The van der Waals surface area contributed by atoms with Crippen LogP contribution in [0.3, 0.4) is 0 Å². The fourth-order valence-electron chi connectivity index (χ4n) is 1.77. The Bertz CT molecular complexity index is 795. The first-order valence-corrected chi connectivity index (χ1v) is 6.40. The van der Waals surface area contributed by atoms with Gasteiger partial charge in [-0.3, -0.25) is 14.8 Å². The van der Waals surface area contributed by atoms with Gasteiger partial charge in [0.25, 0.3) is 5.91 Å². The molecule has 0 atom stereocenters. The van der Waals surface area contributed by atoms with Crippen LogP contribution < -0.4 is 5.32 Å². The van der Waals surface area contributed by atoms with Crippen molar-refractivity contribution in [2.45, 2.75) is 0 Å². The van der Waals surface area contributed by atoms with E-state index in [1.54, 1.807) is 37.4 Å². The first-order valence-electron chi connectivity index (χ1n) is 6.02. The summed E-state index contributed by atoms with van der Waals surface area (Å²) in [4.78, 5) is 12.0. The standard InChI is InChI=1S/C13H10ClN5O2/c1-19-10(5-6-15-19)11(20)16-13-18-17-12(21-13)8-3-2-4-9(14)7-8/h2-7H,1H3,(H,16,18,20). The summed E-state index contributed by atoms with van der Waals surface area (Å²) >= 11 is 5.90. The Morgan fingerprint density at radius 2 is 2.19 bits per heavy atom. The van der Waals surface area contributed by atoms with Crippen LogP contribution in [0.4, 0.5) is 6.01 Å². The molecular formula is C13H10ClN5O2. The molecule has 3 rings (SSSR count). The van der Waals surface area contributed by atoms with Crippen molar-refractivity contribution in [1.82, 2.24) is 20.0 Å². The monoisotopic (exact) mass is 303 g/mol. The molecule has 0 unspecified atom stereocenters. The summed E-state index contributed by atoms with van der Waals surface area (Å²) in [5, 5.41) is 14.6. The highest BCUT2D eigenvalue weighted by atomic mass is 35.5. The minimum absolute atomic E-state index is 0.0103. The maximum atomic E-state index is 12.0. The number of aromatic nitrogens is 4. The third kappa shape index (κ3) is 2.77. The van der Waals surface area contributed by atoms with Crippen LogP contribution in [0, 0.1) is 0 Å². The molecule has 0 radical (unpaired) electrons. The predicted molar refractivity (Wildman–Crippen MR) is 75.9 cm³/mol. The maximum absolute atomic E-state index is 12.0. The van der Waals surface area contributed by atoms with E-state index in [2.05, 4.69) is 20.6 Å². The first-order chi connectivity index (χ1) is 10.1. The predicted octanol–water partition coefficient (Wildman–Crippen LogP) is 2.38. The molecule has 0 bridgehead atoms. The van der Waals surface area contributed by atoms with Crippen molar-refractivity contribution in [2.24, 2.45) is 7.05 Å². The van der Waals surface area contributed by atoms with Crippen LogP contribution in [0.25, 0.3) is 11.5 Å². The van der Waals surface area contributed by atoms with Gasteiger partial charge in [-0.1, -0.05) is 22.8 Å². The number of hydrogen-bond donors (Lipinski definition) is 1. The highest BCUT2D eigenvalue weighted by molar-refractivity contribution is 6.30. The molecule has 0 aliphatic heterocycles. The Balaban J connectivity index is 1.80. The number of benzene rings is 1. The second kappa shape index (κ2) is 5.37. The number of nitrogens with zero attached hydrogens (tertiary/aromatic N) is 4. The van der Waals surface area contributed by atoms with Crippen molar-refractivity contribution >= 4 is 23.5 Å². The Labute approximate surface area is 124 Å². The first kappa shape index (κ1) is 13.3. The average molecular weight is 304 g/mol. The molecule has 0 aliphatic rings. The molecule has 8 heteroatoms. The zero-order chi connectivity index (χ0) is 14.8. The number of hydrogen-bond acceptors (Lipinski definition) is 5. The van der Waals surface area contributed by atoms with E-state index >= 15 is 0 Å². The van der Waals surface area contributed by atoms with Crippen molar-refractivity contribution < 1.29 is 9.21 Å². The molecule has 0 saturated carbocycles. The molecule has 7 nitrogen and oxygen atoms in total. The van der Waals surface area contributed by atoms with Gasteiger partial charge in [0.15, 0.2) is 0 Å². The second-order valence-corrected chi connectivity index (χ2v) is 4.65. The van der Waals surface area contributed by atoms with E-state index < -0.39 is 0 Å². The van der Waals surface area contributed by atoms with Crippen molar-refractivity contribution in [3.63, 3.8) is 0 Å². The lowest BCUT2D eigenvalue weighted by atomic mass is 10.2. The third-order valence-electron chi connectivity index (χ3n) is 2.77. The Hall–Kier alpha value is -2.67. The number of anilines is 1. The van der Waals surface area contributed by atoms with E-state index in [4.69, 9.17) is 16.0 Å². The van der Waals surface area contributed by atoms with E-state index in [0.717, 1.165) is 0 Å². The topological polar surface area (TPSA) is 85.8 Å². The van der Waals surface area contributed by atoms with Crippen molar-refractivity contribution in [2.75, 3.05) is 5.32 Å². The van der Waals surface area contributed by atoms with Gasteiger partial charge in [-0.25, -0.2) is 0 Å². The summed E-state index contributed by atoms with van der Waals surface area (Å²) < 4.78 is 6.84. The lowest BCUT2D eigenvalue weighted by Gasteiger charge is -2.00. The Kier molecular flexibility index (Phi) is 3.41. The fraction of sp³-hybridized carbons (Fsp3) is 0.0769. The second-order valence-electron chi connectivity index (χ2n) is 4.22. The van der Waals surface area contributed by atoms with E-state index in [9.17, 15) is 4.79 Å². The summed E-state index contributed by atoms with van der Waals surface area (Å²) in [6.45, 7) is 0. The van der Waals surface area contributed by atoms with Crippen LogP contribution in [-0.4, -0.2) is 25.9 Å². The van der Waals surface area contributed by atoms with Crippen molar-refractivity contribution in [3.8, 4) is 11.5 Å². The largest absolute Gasteiger partial charge is 0.403 e. The molecule has 106 valence electrons. The zero-order valence-electron chi connectivity index (χ0n) is 10.9. The molecule has 1 amide bonds. The van der Waals surface area contributed by atoms with E-state index in [-0.39, 0.29) is 17.8 Å². The van der Waals surface area contributed by atoms with Gasteiger partial charge in [0.2, 0.25) is 5.89 Å². The summed E-state index contributed by atoms with van der Waals surface area (Å²) in [6.07, 6.45) is 1.53. The number of carbonyl (C=O) groups excluding carboxylic acids is 1. The molecule has 3 aromatic rings. The minimum Gasteiger partial charge on any atom is -0.403 e. The van der Waals surface area contributed by atoms with Crippen LogP contribution in [0.5, 0.6) is 0 Å². The summed E-state index contributed by atoms with van der Waals surface area (Å²) in [7, 11) is 1.67. The van der Waals surface area contributed by atoms with Gasteiger partial charge in [-0.2, -0.15) is 5.10 Å². The van der Waals surface area contributed by atoms with Gasteiger partial charge in [-0.05, 0) is 24.3 Å². The lowest BCUT2D eigenvalue weighted by molar-refractivity contribution is 0.101. The summed E-state index contributed by atoms with van der Waals surface area (Å²) in [6, 6.07) is 8.59. The summed E-state index contributed by atoms with van der Waals surface area (Å²) in [5.74, 6) is -0.103. The molecule has 21 heavy (non-hydrogen) atoms. The molecule has 0 aliphatic carbocycles. The molecule has 0 spiro atoms. The quantitative estimate of drug-likeness (QED) is 0.803. The van der Waals surface area contributed by atoms with Crippen molar-refractivity contribution in [1.29, 1.82) is 0 Å². The van der Waals surface area contributed by atoms with Gasteiger partial charge < -0.3 is 4.42 Å². The van der Waals surface area contributed by atoms with Crippen LogP contribution in [0.1, 0.15) is 10.5 Å². The van der Waals surface area contributed by atoms with Crippen molar-refractivity contribution in [3.05, 3.63) is 47.2 Å². The highest BCUT2D eigenvalue weighted by Gasteiger charge is 2.15. The van der Waals surface area contributed by atoms with Crippen LogP contribution >= 0.6 is 11.6 Å². The Morgan fingerprint density at radius 3 is 2.90 bits per heavy atom. The maximum Gasteiger partial charge on any atom is 0.322 e. The number of amides is 1. The van der Waals surface area contributed by atoms with Gasteiger partial charge >= 0.3 is 6.01 Å². The SMILES string of the molecule is Cn1nccc1C(=O)Nc1nnc(-c2cccc(Cl)c2)o1. The van der Waals surface area contributed by atoms with Crippen LogP contribution in [0.15, 0.2) is 40.9 Å². The van der Waals surface area contributed by atoms with Crippen LogP contribution in [-0.2, 0) is 7.05 Å². The molecule has 0 fully saturated rings. The normalized spacial score (nSPS) is 10.6. The molecule has 1 N–H and O–H groups in total. The fourth-order valence-corrected chi connectivity index (χ4v) is 1.96. The number of halogens is 1. The number of carbonyl (C=O) groups is 1. The Morgan fingerprint density at radius 1 is 1.33 bits per heavy atom. The van der Waals surface area contributed by atoms with Crippen LogP contribution in [0.2, 0.25) is 5.02 Å². The number of nitrogens with one attached hydrogen (secondary N) is 1. The molecule has 1 aromatic carbocycles. The number of rotatable bonds is 3. The lowest BCUT2D eigenvalue weighted by Crippen LogP contribution is -2.16. The van der Waals surface area contributed by atoms with Gasteiger partial charge in [0, 0.05) is 23.8 Å². The molecule has 0 saturated heterocycles. The minimum atomic E-state index is -0.378.